The monoisotopic (exact) mass is 289 g/mol. The Morgan fingerprint density at radius 2 is 1.57 bits per heavy atom. The summed E-state index contributed by atoms with van der Waals surface area (Å²) in [5, 5.41) is 11.2. The average molecular weight is 289 g/mol. The normalized spacial score (nSPS) is 27.9. The van der Waals surface area contributed by atoms with E-state index in [0.29, 0.717) is 0 Å². The Bertz CT molecular complexity index is 499. The average Bonchev–Trinajstić information content (AvgIpc) is 2.43. The van der Waals surface area contributed by atoms with Crippen LogP contribution in [0.3, 0.4) is 0 Å². The molecule has 1 atom stereocenters. The Balaban J connectivity index is 2.40. The third kappa shape index (κ3) is 3.02. The van der Waals surface area contributed by atoms with Crippen LogP contribution in [-0.2, 0) is 0 Å². The molecule has 1 saturated carbocycles. The van der Waals surface area contributed by atoms with E-state index in [0.717, 1.165) is 24.3 Å². The highest BCUT2D eigenvalue weighted by atomic mass is 16.3. The molecule has 1 aromatic rings. The van der Waals surface area contributed by atoms with E-state index >= 15 is 0 Å². The topological polar surface area (TPSA) is 23.5 Å². The molecule has 0 aliphatic heterocycles. The third-order valence-electron chi connectivity index (χ3n) is 5.72. The van der Waals surface area contributed by atoms with Crippen molar-refractivity contribution in [3.05, 3.63) is 34.4 Å². The van der Waals surface area contributed by atoms with Gasteiger partial charge in [-0.25, -0.2) is 0 Å². The number of aliphatic hydroxyl groups excluding tert-OH is 1. The van der Waals surface area contributed by atoms with Gasteiger partial charge in [0.2, 0.25) is 0 Å². The van der Waals surface area contributed by atoms with Crippen molar-refractivity contribution in [2.24, 2.45) is 5.92 Å². The van der Waals surface area contributed by atoms with Gasteiger partial charge in [0, 0.05) is 0 Å². The van der Waals surface area contributed by atoms with E-state index in [1.807, 2.05) is 0 Å². The molecule has 0 saturated heterocycles. The van der Waals surface area contributed by atoms with Crippen molar-refractivity contribution in [3.8, 4) is 0 Å². The van der Waals surface area contributed by atoms with E-state index in [-0.39, 0.29) is 5.54 Å². The summed E-state index contributed by atoms with van der Waals surface area (Å²) in [7, 11) is 4.24. The molecule has 0 amide bonds. The first-order chi connectivity index (χ1) is 9.78. The second-order valence-electron chi connectivity index (χ2n) is 7.38. The fraction of sp³-hybridized carbons (Fsp3) is 0.684. The van der Waals surface area contributed by atoms with Gasteiger partial charge in [-0.3, -0.25) is 0 Å². The molecule has 1 unspecified atom stereocenters. The summed E-state index contributed by atoms with van der Waals surface area (Å²) in [6.07, 6.45) is 4.17. The van der Waals surface area contributed by atoms with Crippen LogP contribution in [-0.4, -0.2) is 29.6 Å². The Morgan fingerprint density at radius 1 is 1.05 bits per heavy atom. The van der Waals surface area contributed by atoms with Crippen LogP contribution >= 0.6 is 0 Å². The van der Waals surface area contributed by atoms with Gasteiger partial charge in [0.15, 0.2) is 0 Å². The Labute approximate surface area is 130 Å². The van der Waals surface area contributed by atoms with E-state index in [2.05, 4.69) is 58.8 Å². The van der Waals surface area contributed by atoms with Gasteiger partial charge < -0.3 is 10.0 Å². The zero-order chi connectivity index (χ0) is 15.8. The summed E-state index contributed by atoms with van der Waals surface area (Å²) in [6, 6.07) is 4.40. The molecule has 21 heavy (non-hydrogen) atoms. The summed E-state index contributed by atoms with van der Waals surface area (Å²) in [4.78, 5) is 2.26. The predicted molar refractivity (Wildman–Crippen MR) is 89.7 cm³/mol. The zero-order valence-electron chi connectivity index (χ0n) is 14.5. The summed E-state index contributed by atoms with van der Waals surface area (Å²) in [6.45, 7) is 8.73. The number of benzene rings is 1. The maximum absolute atomic E-state index is 11.2. The second kappa shape index (κ2) is 6.10. The van der Waals surface area contributed by atoms with Gasteiger partial charge in [0.1, 0.15) is 0 Å². The molecular formula is C19H31NO. The standard InChI is InChI=1S/C19H31NO/c1-13-7-9-19(10-8-13,20(5)6)18(21)17-12-15(3)14(2)11-16(17)4/h11-13,18,21H,7-10H2,1-6H3. The molecule has 1 aliphatic carbocycles. The lowest BCUT2D eigenvalue weighted by Gasteiger charge is -2.48. The van der Waals surface area contributed by atoms with E-state index in [1.54, 1.807) is 0 Å². The van der Waals surface area contributed by atoms with Crippen LogP contribution < -0.4 is 0 Å². The van der Waals surface area contributed by atoms with Gasteiger partial charge in [-0.2, -0.15) is 0 Å². The van der Waals surface area contributed by atoms with Gasteiger partial charge in [-0.15, -0.1) is 0 Å². The van der Waals surface area contributed by atoms with Crippen LogP contribution in [0.5, 0.6) is 0 Å². The van der Waals surface area contributed by atoms with E-state index in [1.165, 1.54) is 29.5 Å². The van der Waals surface area contributed by atoms with Gasteiger partial charge in [-0.05, 0) is 88.7 Å². The summed E-state index contributed by atoms with van der Waals surface area (Å²) in [5.74, 6) is 0.783. The maximum atomic E-state index is 11.2. The van der Waals surface area contributed by atoms with Gasteiger partial charge in [-0.1, -0.05) is 19.1 Å². The molecule has 2 heteroatoms. The molecule has 118 valence electrons. The van der Waals surface area contributed by atoms with Crippen molar-refractivity contribution < 1.29 is 5.11 Å². The largest absolute Gasteiger partial charge is 0.386 e. The van der Waals surface area contributed by atoms with E-state index in [4.69, 9.17) is 0 Å². The summed E-state index contributed by atoms with van der Waals surface area (Å²) in [5.41, 5.74) is 4.79. The minimum Gasteiger partial charge on any atom is -0.386 e. The van der Waals surface area contributed by atoms with Crippen LogP contribution in [0.25, 0.3) is 0 Å². The molecular weight excluding hydrogens is 258 g/mol. The van der Waals surface area contributed by atoms with E-state index < -0.39 is 6.10 Å². The Hall–Kier alpha value is -0.860. The zero-order valence-corrected chi connectivity index (χ0v) is 14.5. The van der Waals surface area contributed by atoms with Crippen LogP contribution in [0.1, 0.15) is 61.0 Å². The molecule has 1 aliphatic rings. The number of likely N-dealkylation sites (N-methyl/N-ethyl adjacent to an activating group) is 1. The highest BCUT2D eigenvalue weighted by Gasteiger charge is 2.43. The van der Waals surface area contributed by atoms with Crippen LogP contribution in [0.2, 0.25) is 0 Å². The highest BCUT2D eigenvalue weighted by Crippen LogP contribution is 2.44. The maximum Gasteiger partial charge on any atom is 0.0976 e. The van der Waals surface area contributed by atoms with Crippen molar-refractivity contribution in [1.82, 2.24) is 4.90 Å². The van der Waals surface area contributed by atoms with Crippen molar-refractivity contribution >= 4 is 0 Å². The Morgan fingerprint density at radius 3 is 2.10 bits per heavy atom. The molecule has 0 spiro atoms. The van der Waals surface area contributed by atoms with Crippen molar-refractivity contribution in [2.75, 3.05) is 14.1 Å². The third-order valence-corrected chi connectivity index (χ3v) is 5.72. The number of hydrogen-bond donors (Lipinski definition) is 1. The number of nitrogens with zero attached hydrogens (tertiary/aromatic N) is 1. The molecule has 0 aromatic heterocycles. The fourth-order valence-electron chi connectivity index (χ4n) is 3.79. The number of hydrogen-bond acceptors (Lipinski definition) is 2. The van der Waals surface area contributed by atoms with Crippen molar-refractivity contribution in [2.45, 2.75) is 65.0 Å². The fourth-order valence-corrected chi connectivity index (χ4v) is 3.79. The number of rotatable bonds is 3. The molecule has 1 N–H and O–H groups in total. The first-order valence-corrected chi connectivity index (χ1v) is 8.21. The molecule has 2 nitrogen and oxygen atoms in total. The number of aryl methyl sites for hydroxylation is 3. The quantitative estimate of drug-likeness (QED) is 0.903. The molecule has 0 radical (unpaired) electrons. The molecule has 1 fully saturated rings. The van der Waals surface area contributed by atoms with Crippen molar-refractivity contribution in [1.29, 1.82) is 0 Å². The lowest BCUT2D eigenvalue weighted by molar-refractivity contribution is -0.0411. The first kappa shape index (κ1) is 16.5. The van der Waals surface area contributed by atoms with Crippen LogP contribution in [0.15, 0.2) is 12.1 Å². The smallest absolute Gasteiger partial charge is 0.0976 e. The lowest BCUT2D eigenvalue weighted by atomic mass is 9.71. The first-order valence-electron chi connectivity index (χ1n) is 8.21. The SMILES string of the molecule is Cc1cc(C)c(C(O)C2(N(C)C)CCC(C)CC2)cc1C. The van der Waals surface area contributed by atoms with Gasteiger partial charge in [0.25, 0.3) is 0 Å². The molecule has 0 heterocycles. The highest BCUT2D eigenvalue weighted by molar-refractivity contribution is 5.39. The molecule has 1 aromatic carbocycles. The minimum absolute atomic E-state index is 0.112. The summed E-state index contributed by atoms with van der Waals surface area (Å²) < 4.78 is 0. The number of aliphatic hydroxyl groups is 1. The lowest BCUT2D eigenvalue weighted by Crippen LogP contribution is -2.51. The second-order valence-corrected chi connectivity index (χ2v) is 7.38. The molecule has 0 bridgehead atoms. The van der Waals surface area contributed by atoms with Crippen LogP contribution in [0.4, 0.5) is 0 Å². The molecule has 2 rings (SSSR count). The van der Waals surface area contributed by atoms with Crippen LogP contribution in [0, 0.1) is 26.7 Å². The van der Waals surface area contributed by atoms with E-state index in [9.17, 15) is 5.11 Å². The van der Waals surface area contributed by atoms with Gasteiger partial charge >= 0.3 is 0 Å². The summed E-state index contributed by atoms with van der Waals surface area (Å²) >= 11 is 0. The van der Waals surface area contributed by atoms with Gasteiger partial charge in [0.05, 0.1) is 11.6 Å². The van der Waals surface area contributed by atoms with Crippen molar-refractivity contribution in [3.63, 3.8) is 0 Å². The minimum atomic E-state index is -0.403. The predicted octanol–water partition coefficient (Wildman–Crippen LogP) is 4.16. The Kier molecular flexibility index (Phi) is 4.79.